The zero-order valence-electron chi connectivity index (χ0n) is 16.5. The molecule has 0 saturated carbocycles. The van der Waals surface area contributed by atoms with E-state index in [1.807, 2.05) is 0 Å². The van der Waals surface area contributed by atoms with Gasteiger partial charge in [-0.25, -0.2) is 9.59 Å². The molecule has 1 aliphatic heterocycles. The minimum Gasteiger partial charge on any atom is -0.504 e. The van der Waals surface area contributed by atoms with Gasteiger partial charge < -0.3 is 24.6 Å². The van der Waals surface area contributed by atoms with Crippen molar-refractivity contribution >= 4 is 34.5 Å². The fourth-order valence-corrected chi connectivity index (χ4v) is 3.97. The van der Waals surface area contributed by atoms with Gasteiger partial charge in [0, 0.05) is 15.0 Å². The highest BCUT2D eigenvalue weighted by molar-refractivity contribution is 14.1. The van der Waals surface area contributed by atoms with E-state index in [0.29, 0.717) is 31.7 Å². The third-order valence-electron chi connectivity index (χ3n) is 4.36. The largest absolute Gasteiger partial charge is 0.504 e. The number of carbonyl (C=O) groups is 2. The average molecular weight is 501 g/mol. The minimum absolute atomic E-state index is 0.0265. The average Bonchev–Trinajstić information content (AvgIpc) is 2.61. The van der Waals surface area contributed by atoms with Crippen LogP contribution in [0.2, 0.25) is 0 Å². The maximum Gasteiger partial charge on any atom is 0.336 e. The second-order valence-electron chi connectivity index (χ2n) is 6.12. The molecular weight excluding hydrogens is 477 g/mol. The first-order valence-electron chi connectivity index (χ1n) is 8.85. The zero-order valence-corrected chi connectivity index (χ0v) is 18.7. The lowest BCUT2D eigenvalue weighted by Crippen LogP contribution is -2.33. The summed E-state index contributed by atoms with van der Waals surface area (Å²) >= 11 is 2.06. The standard InChI is InChI=1S/C20H24INO6/c1-6-27-19(24)16-10(3)22-11(4)17(20(25)28-7-2)18(16)12-8-15(26-5)14(23)9-13(12)21/h8-9,18,22-23H,6-7H2,1-5H3. The zero-order chi connectivity index (χ0) is 21.0. The Labute approximate surface area is 177 Å². The molecule has 0 fully saturated rings. The van der Waals surface area contributed by atoms with Crippen molar-refractivity contribution in [2.75, 3.05) is 20.3 Å². The monoisotopic (exact) mass is 501 g/mol. The Kier molecular flexibility index (Phi) is 7.34. The summed E-state index contributed by atoms with van der Waals surface area (Å²) in [5.41, 5.74) is 2.47. The summed E-state index contributed by atoms with van der Waals surface area (Å²) in [6.07, 6.45) is 0. The topological polar surface area (TPSA) is 94.1 Å². The summed E-state index contributed by atoms with van der Waals surface area (Å²) in [6.45, 7) is 7.37. The first kappa shape index (κ1) is 22.1. The maximum atomic E-state index is 12.8. The third kappa shape index (κ3) is 4.26. The van der Waals surface area contributed by atoms with Crippen molar-refractivity contribution in [1.29, 1.82) is 0 Å². The van der Waals surface area contributed by atoms with Gasteiger partial charge in [-0.3, -0.25) is 0 Å². The Balaban J connectivity index is 2.77. The highest BCUT2D eigenvalue weighted by Crippen LogP contribution is 2.43. The number of allylic oxidation sites excluding steroid dienone is 2. The van der Waals surface area contributed by atoms with E-state index in [1.165, 1.54) is 13.2 Å². The number of rotatable bonds is 6. The van der Waals surface area contributed by atoms with Crippen LogP contribution in [0.5, 0.6) is 11.5 Å². The first-order valence-corrected chi connectivity index (χ1v) is 9.93. The number of esters is 2. The number of hydrogen-bond donors (Lipinski definition) is 2. The number of aromatic hydroxyl groups is 1. The molecule has 8 heteroatoms. The van der Waals surface area contributed by atoms with Gasteiger partial charge in [0.05, 0.1) is 37.4 Å². The summed E-state index contributed by atoms with van der Waals surface area (Å²) < 4.78 is 16.4. The highest BCUT2D eigenvalue weighted by atomic mass is 127. The molecule has 1 aromatic carbocycles. The highest BCUT2D eigenvalue weighted by Gasteiger charge is 2.39. The van der Waals surface area contributed by atoms with Crippen LogP contribution in [0.25, 0.3) is 0 Å². The van der Waals surface area contributed by atoms with Crippen LogP contribution >= 0.6 is 22.6 Å². The van der Waals surface area contributed by atoms with Crippen molar-refractivity contribution in [3.05, 3.63) is 43.8 Å². The van der Waals surface area contributed by atoms with Crippen molar-refractivity contribution < 1.29 is 28.9 Å². The molecule has 7 nitrogen and oxygen atoms in total. The number of ether oxygens (including phenoxy) is 3. The Morgan fingerprint density at radius 2 is 1.57 bits per heavy atom. The van der Waals surface area contributed by atoms with Crippen molar-refractivity contribution in [3.63, 3.8) is 0 Å². The SMILES string of the molecule is CCOC(=O)C1=C(C)NC(C)=C(C(=O)OCC)C1c1cc(OC)c(O)cc1I. The number of dihydropyridines is 1. The van der Waals surface area contributed by atoms with Crippen molar-refractivity contribution in [3.8, 4) is 11.5 Å². The second kappa shape index (κ2) is 9.31. The summed E-state index contributed by atoms with van der Waals surface area (Å²) in [4.78, 5) is 25.6. The normalized spacial score (nSPS) is 14.6. The molecule has 1 heterocycles. The molecule has 152 valence electrons. The number of halogens is 1. The maximum absolute atomic E-state index is 12.8. The summed E-state index contributed by atoms with van der Waals surface area (Å²) in [5.74, 6) is -1.54. The lowest BCUT2D eigenvalue weighted by atomic mass is 9.80. The fraction of sp³-hybridized carbons (Fsp3) is 0.400. The van der Waals surface area contributed by atoms with Crippen molar-refractivity contribution in [2.45, 2.75) is 33.6 Å². The molecule has 0 spiro atoms. The van der Waals surface area contributed by atoms with Crippen LogP contribution in [-0.4, -0.2) is 37.4 Å². The van der Waals surface area contributed by atoms with E-state index in [4.69, 9.17) is 14.2 Å². The lowest BCUT2D eigenvalue weighted by molar-refractivity contribution is -0.139. The van der Waals surface area contributed by atoms with Crippen LogP contribution in [-0.2, 0) is 19.1 Å². The Bertz CT molecular complexity index is 818. The number of carbonyl (C=O) groups excluding carboxylic acids is 2. The van der Waals surface area contributed by atoms with Crippen molar-refractivity contribution in [1.82, 2.24) is 5.32 Å². The van der Waals surface area contributed by atoms with Crippen LogP contribution in [0, 0.1) is 3.57 Å². The third-order valence-corrected chi connectivity index (χ3v) is 5.29. The summed E-state index contributed by atoms with van der Waals surface area (Å²) in [5, 5.41) is 13.2. The van der Waals surface area contributed by atoms with Crippen LogP contribution < -0.4 is 10.1 Å². The Morgan fingerprint density at radius 1 is 1.07 bits per heavy atom. The van der Waals surface area contributed by atoms with Gasteiger partial charge in [-0.2, -0.15) is 0 Å². The molecule has 1 aliphatic rings. The van der Waals surface area contributed by atoms with Gasteiger partial charge in [0.25, 0.3) is 0 Å². The van der Waals surface area contributed by atoms with Gasteiger partial charge in [0.15, 0.2) is 11.5 Å². The van der Waals surface area contributed by atoms with E-state index in [-0.39, 0.29) is 24.7 Å². The molecule has 0 aliphatic carbocycles. The molecule has 1 aromatic rings. The number of hydrogen-bond acceptors (Lipinski definition) is 7. The van der Waals surface area contributed by atoms with E-state index >= 15 is 0 Å². The molecular formula is C20H24INO6. The molecule has 0 bridgehead atoms. The predicted molar refractivity (Wildman–Crippen MR) is 112 cm³/mol. The number of nitrogens with one attached hydrogen (secondary N) is 1. The Hall–Kier alpha value is -2.23. The van der Waals surface area contributed by atoms with Crippen molar-refractivity contribution in [2.24, 2.45) is 0 Å². The summed E-state index contributed by atoms with van der Waals surface area (Å²) in [7, 11) is 1.44. The molecule has 0 radical (unpaired) electrons. The molecule has 2 rings (SSSR count). The quantitative estimate of drug-likeness (QED) is 0.456. The van der Waals surface area contributed by atoms with Gasteiger partial charge in [-0.1, -0.05) is 0 Å². The lowest BCUT2D eigenvalue weighted by Gasteiger charge is -2.31. The van der Waals surface area contributed by atoms with Gasteiger partial charge in [0.2, 0.25) is 0 Å². The van der Waals surface area contributed by atoms with E-state index in [2.05, 4.69) is 27.9 Å². The van der Waals surface area contributed by atoms with Crippen LogP contribution in [0.4, 0.5) is 0 Å². The number of benzene rings is 1. The van der Waals surface area contributed by atoms with E-state index in [9.17, 15) is 14.7 Å². The van der Waals surface area contributed by atoms with Gasteiger partial charge in [-0.05, 0) is 68.0 Å². The van der Waals surface area contributed by atoms with Gasteiger partial charge in [-0.15, -0.1) is 0 Å². The summed E-state index contributed by atoms with van der Waals surface area (Å²) in [6, 6.07) is 3.17. The van der Waals surface area contributed by atoms with Crippen LogP contribution in [0.15, 0.2) is 34.7 Å². The van der Waals surface area contributed by atoms with E-state index < -0.39 is 17.9 Å². The number of phenols is 1. The number of phenolic OH excluding ortho intramolecular Hbond substituents is 1. The second-order valence-corrected chi connectivity index (χ2v) is 7.28. The van der Waals surface area contributed by atoms with Gasteiger partial charge in [0.1, 0.15) is 0 Å². The first-order chi connectivity index (χ1) is 13.3. The smallest absolute Gasteiger partial charge is 0.336 e. The van der Waals surface area contributed by atoms with Crippen LogP contribution in [0.3, 0.4) is 0 Å². The number of methoxy groups -OCH3 is 1. The van der Waals surface area contributed by atoms with E-state index in [1.54, 1.807) is 33.8 Å². The molecule has 0 aromatic heterocycles. The molecule has 0 atom stereocenters. The fourth-order valence-electron chi connectivity index (χ4n) is 3.21. The Morgan fingerprint density at radius 3 is 2.00 bits per heavy atom. The van der Waals surface area contributed by atoms with Crippen LogP contribution in [0.1, 0.15) is 39.2 Å². The van der Waals surface area contributed by atoms with E-state index in [0.717, 1.165) is 0 Å². The molecule has 0 unspecified atom stereocenters. The van der Waals surface area contributed by atoms with Gasteiger partial charge >= 0.3 is 11.9 Å². The molecule has 2 N–H and O–H groups in total. The molecule has 0 amide bonds. The molecule has 28 heavy (non-hydrogen) atoms. The minimum atomic E-state index is -0.722. The molecule has 0 saturated heterocycles. The predicted octanol–water partition coefficient (Wildman–Crippen LogP) is 3.37.